The molecule has 0 heterocycles. The van der Waals surface area contributed by atoms with E-state index in [-0.39, 0.29) is 0 Å². The first-order chi connectivity index (χ1) is 5.49. The lowest BCUT2D eigenvalue weighted by atomic mass is 10.1. The van der Waals surface area contributed by atoms with Crippen LogP contribution in [0.1, 0.15) is 13.8 Å². The SMILES string of the molecule is COC(=CC#CC(C)(C)O)OC. The van der Waals surface area contributed by atoms with Gasteiger partial charge in [0, 0.05) is 0 Å². The predicted molar refractivity (Wildman–Crippen MR) is 46.2 cm³/mol. The van der Waals surface area contributed by atoms with E-state index in [9.17, 15) is 5.11 Å². The zero-order chi connectivity index (χ0) is 9.61. The Kier molecular flexibility index (Phi) is 4.24. The molecule has 0 aromatic carbocycles. The standard InChI is InChI=1S/C9H14O3/c1-9(2,10)7-5-6-8(11-3)12-4/h6,10H,1-4H3. The third-order valence-electron chi connectivity index (χ3n) is 0.970. The third kappa shape index (κ3) is 5.63. The largest absolute Gasteiger partial charge is 0.468 e. The average Bonchev–Trinajstić information content (AvgIpc) is 1.96. The number of methoxy groups -OCH3 is 2. The van der Waals surface area contributed by atoms with Gasteiger partial charge in [-0.05, 0) is 13.8 Å². The molecule has 0 aromatic rings. The van der Waals surface area contributed by atoms with Gasteiger partial charge in [-0.1, -0.05) is 11.8 Å². The van der Waals surface area contributed by atoms with Crippen molar-refractivity contribution < 1.29 is 14.6 Å². The summed E-state index contributed by atoms with van der Waals surface area (Å²) < 4.78 is 9.54. The summed E-state index contributed by atoms with van der Waals surface area (Å²) in [6.07, 6.45) is 1.46. The molecule has 0 aromatic heterocycles. The van der Waals surface area contributed by atoms with Gasteiger partial charge in [-0.25, -0.2) is 0 Å². The highest BCUT2D eigenvalue weighted by atomic mass is 16.7. The van der Waals surface area contributed by atoms with Gasteiger partial charge in [0.05, 0.1) is 20.3 Å². The molecule has 12 heavy (non-hydrogen) atoms. The number of hydrogen-bond donors (Lipinski definition) is 1. The zero-order valence-corrected chi connectivity index (χ0v) is 7.84. The van der Waals surface area contributed by atoms with E-state index in [1.54, 1.807) is 13.8 Å². The van der Waals surface area contributed by atoms with Crippen LogP contribution in [-0.2, 0) is 9.47 Å². The topological polar surface area (TPSA) is 38.7 Å². The molecule has 0 amide bonds. The van der Waals surface area contributed by atoms with Gasteiger partial charge in [-0.15, -0.1) is 0 Å². The first kappa shape index (κ1) is 10.9. The minimum atomic E-state index is -0.983. The van der Waals surface area contributed by atoms with Crippen LogP contribution in [0, 0.1) is 11.8 Å². The highest BCUT2D eigenvalue weighted by Crippen LogP contribution is 1.98. The number of hydrogen-bond acceptors (Lipinski definition) is 3. The molecule has 0 aliphatic carbocycles. The Balaban J connectivity index is 4.24. The third-order valence-corrected chi connectivity index (χ3v) is 0.970. The van der Waals surface area contributed by atoms with Crippen LogP contribution in [0.15, 0.2) is 12.0 Å². The fourth-order valence-electron chi connectivity index (χ4n) is 0.473. The number of aliphatic hydroxyl groups is 1. The maximum Gasteiger partial charge on any atom is 0.287 e. The quantitative estimate of drug-likeness (QED) is 0.494. The second kappa shape index (κ2) is 4.68. The van der Waals surface area contributed by atoms with Crippen molar-refractivity contribution in [3.63, 3.8) is 0 Å². The van der Waals surface area contributed by atoms with E-state index < -0.39 is 5.60 Å². The lowest BCUT2D eigenvalue weighted by Gasteiger charge is -2.05. The van der Waals surface area contributed by atoms with Crippen molar-refractivity contribution in [2.75, 3.05) is 14.2 Å². The maximum absolute atomic E-state index is 9.19. The van der Waals surface area contributed by atoms with E-state index in [0.717, 1.165) is 0 Å². The second-order valence-corrected chi connectivity index (χ2v) is 2.70. The molecule has 0 unspecified atom stereocenters. The summed E-state index contributed by atoms with van der Waals surface area (Å²) in [7, 11) is 2.97. The van der Waals surface area contributed by atoms with E-state index in [1.807, 2.05) is 0 Å². The lowest BCUT2D eigenvalue weighted by molar-refractivity contribution is 0.0958. The second-order valence-electron chi connectivity index (χ2n) is 2.70. The van der Waals surface area contributed by atoms with Crippen LogP contribution in [-0.4, -0.2) is 24.9 Å². The molecule has 0 bridgehead atoms. The highest BCUT2D eigenvalue weighted by molar-refractivity contribution is 5.21. The highest BCUT2D eigenvalue weighted by Gasteiger charge is 2.04. The van der Waals surface area contributed by atoms with Gasteiger partial charge in [-0.2, -0.15) is 0 Å². The molecule has 0 spiro atoms. The van der Waals surface area contributed by atoms with E-state index >= 15 is 0 Å². The van der Waals surface area contributed by atoms with E-state index in [0.29, 0.717) is 5.95 Å². The van der Waals surface area contributed by atoms with Crippen LogP contribution in [0.4, 0.5) is 0 Å². The molecular formula is C9H14O3. The molecule has 3 nitrogen and oxygen atoms in total. The Morgan fingerprint density at radius 2 is 1.83 bits per heavy atom. The monoisotopic (exact) mass is 170 g/mol. The first-order valence-electron chi connectivity index (χ1n) is 3.53. The van der Waals surface area contributed by atoms with Crippen molar-refractivity contribution in [2.45, 2.75) is 19.4 Å². The summed E-state index contributed by atoms with van der Waals surface area (Å²) in [5.41, 5.74) is -0.983. The molecular weight excluding hydrogens is 156 g/mol. The predicted octanol–water partition coefficient (Wildman–Crippen LogP) is 0.895. The number of ether oxygens (including phenoxy) is 2. The summed E-state index contributed by atoms with van der Waals surface area (Å²) in [5.74, 6) is 5.53. The van der Waals surface area contributed by atoms with Crippen molar-refractivity contribution in [3.05, 3.63) is 12.0 Å². The summed E-state index contributed by atoms with van der Waals surface area (Å²) in [6, 6.07) is 0. The van der Waals surface area contributed by atoms with Gasteiger partial charge < -0.3 is 14.6 Å². The Bertz CT molecular complexity index is 206. The van der Waals surface area contributed by atoms with Crippen LogP contribution in [0.5, 0.6) is 0 Å². The van der Waals surface area contributed by atoms with Crippen LogP contribution < -0.4 is 0 Å². The normalized spacial score (nSPS) is 9.42. The summed E-state index contributed by atoms with van der Waals surface area (Å²) in [4.78, 5) is 0. The van der Waals surface area contributed by atoms with Crippen LogP contribution in [0.25, 0.3) is 0 Å². The first-order valence-corrected chi connectivity index (χ1v) is 3.53. The van der Waals surface area contributed by atoms with Gasteiger partial charge in [-0.3, -0.25) is 0 Å². The van der Waals surface area contributed by atoms with Gasteiger partial charge >= 0.3 is 0 Å². The molecule has 0 fully saturated rings. The van der Waals surface area contributed by atoms with Crippen molar-refractivity contribution in [2.24, 2.45) is 0 Å². The molecule has 0 atom stereocenters. The minimum absolute atomic E-state index is 0.326. The van der Waals surface area contributed by atoms with E-state index in [2.05, 4.69) is 11.8 Å². The van der Waals surface area contributed by atoms with Crippen LogP contribution in [0.3, 0.4) is 0 Å². The lowest BCUT2D eigenvalue weighted by Crippen LogP contribution is -2.14. The fourth-order valence-corrected chi connectivity index (χ4v) is 0.473. The Hall–Kier alpha value is -1.14. The maximum atomic E-state index is 9.19. The summed E-state index contributed by atoms with van der Waals surface area (Å²) in [5, 5.41) is 9.19. The Morgan fingerprint density at radius 1 is 1.33 bits per heavy atom. The smallest absolute Gasteiger partial charge is 0.287 e. The fraction of sp³-hybridized carbons (Fsp3) is 0.556. The summed E-state index contributed by atoms with van der Waals surface area (Å²) in [6.45, 7) is 3.21. The van der Waals surface area contributed by atoms with Crippen molar-refractivity contribution in [1.82, 2.24) is 0 Å². The molecule has 0 saturated heterocycles. The molecule has 0 saturated carbocycles. The van der Waals surface area contributed by atoms with Crippen molar-refractivity contribution in [3.8, 4) is 11.8 Å². The zero-order valence-electron chi connectivity index (χ0n) is 7.84. The number of rotatable bonds is 2. The van der Waals surface area contributed by atoms with Gasteiger partial charge in [0.25, 0.3) is 5.95 Å². The van der Waals surface area contributed by atoms with Crippen LogP contribution in [0.2, 0.25) is 0 Å². The summed E-state index contributed by atoms with van der Waals surface area (Å²) >= 11 is 0. The molecule has 0 rings (SSSR count). The van der Waals surface area contributed by atoms with E-state index in [1.165, 1.54) is 20.3 Å². The van der Waals surface area contributed by atoms with Crippen molar-refractivity contribution in [1.29, 1.82) is 0 Å². The van der Waals surface area contributed by atoms with Crippen molar-refractivity contribution >= 4 is 0 Å². The minimum Gasteiger partial charge on any atom is -0.468 e. The van der Waals surface area contributed by atoms with Gasteiger partial charge in [0.2, 0.25) is 0 Å². The average molecular weight is 170 g/mol. The molecule has 1 N–H and O–H groups in total. The number of allylic oxidation sites excluding steroid dienone is 1. The molecule has 3 heteroatoms. The Labute approximate surface area is 73.0 Å². The molecule has 0 radical (unpaired) electrons. The molecule has 68 valence electrons. The van der Waals surface area contributed by atoms with Crippen LogP contribution >= 0.6 is 0 Å². The molecule has 0 aliphatic heterocycles. The van der Waals surface area contributed by atoms with E-state index in [4.69, 9.17) is 9.47 Å². The molecule has 0 aliphatic rings. The van der Waals surface area contributed by atoms with Gasteiger partial charge in [0.1, 0.15) is 5.60 Å². The Morgan fingerprint density at radius 3 is 2.17 bits per heavy atom. The van der Waals surface area contributed by atoms with Gasteiger partial charge in [0.15, 0.2) is 0 Å².